The van der Waals surface area contributed by atoms with Gasteiger partial charge < -0.3 is 29.6 Å². The summed E-state index contributed by atoms with van der Waals surface area (Å²) >= 11 is 15.3. The number of esters is 1. The summed E-state index contributed by atoms with van der Waals surface area (Å²) in [7, 11) is 0. The van der Waals surface area contributed by atoms with Gasteiger partial charge in [-0.15, -0.1) is 0 Å². The molecule has 0 aliphatic carbocycles. The van der Waals surface area contributed by atoms with E-state index in [9.17, 15) is 9.59 Å². The third-order valence-corrected chi connectivity index (χ3v) is 7.41. The van der Waals surface area contributed by atoms with E-state index < -0.39 is 17.9 Å². The Bertz CT molecular complexity index is 1620. The molecule has 4 rings (SSSR count). The Kier molecular flexibility index (Phi) is 12.2. The van der Waals surface area contributed by atoms with Crippen LogP contribution in [0.15, 0.2) is 81.5 Å². The Hall–Kier alpha value is -4.13. The van der Waals surface area contributed by atoms with Crippen molar-refractivity contribution in [2.24, 2.45) is 5.10 Å². The molecule has 3 aromatic rings. The number of hydrogen-bond donors (Lipinski definition) is 3. The molecular formula is C32H32BrClN4O6S. The molecule has 3 aromatic carbocycles. The Labute approximate surface area is 280 Å². The summed E-state index contributed by atoms with van der Waals surface area (Å²) in [5, 5.41) is 10.8. The lowest BCUT2D eigenvalue weighted by Crippen LogP contribution is -2.45. The number of hydrogen-bond acceptors (Lipinski definition) is 8. The van der Waals surface area contributed by atoms with Crippen LogP contribution >= 0.6 is 39.7 Å². The van der Waals surface area contributed by atoms with Gasteiger partial charge >= 0.3 is 5.97 Å². The number of hydrazone groups is 1. The normalized spacial score (nSPS) is 14.4. The van der Waals surface area contributed by atoms with Crippen molar-refractivity contribution in [2.75, 3.05) is 19.8 Å². The van der Waals surface area contributed by atoms with E-state index in [0.717, 1.165) is 10.0 Å². The fourth-order valence-corrected chi connectivity index (χ4v) is 5.22. The van der Waals surface area contributed by atoms with E-state index in [1.54, 1.807) is 50.2 Å². The number of amides is 1. The van der Waals surface area contributed by atoms with E-state index in [4.69, 9.17) is 42.8 Å². The molecule has 10 nitrogen and oxygen atoms in total. The van der Waals surface area contributed by atoms with Crippen LogP contribution in [0.3, 0.4) is 0 Å². The van der Waals surface area contributed by atoms with Crippen molar-refractivity contribution < 1.29 is 28.5 Å². The molecule has 1 aliphatic heterocycles. The number of ether oxygens (including phenoxy) is 4. The van der Waals surface area contributed by atoms with Gasteiger partial charge in [0.2, 0.25) is 0 Å². The van der Waals surface area contributed by atoms with Crippen LogP contribution in [-0.2, 0) is 20.9 Å². The van der Waals surface area contributed by atoms with Gasteiger partial charge in [-0.3, -0.25) is 4.79 Å². The highest BCUT2D eigenvalue weighted by Gasteiger charge is 2.32. The van der Waals surface area contributed by atoms with Crippen LogP contribution in [0.2, 0.25) is 5.02 Å². The van der Waals surface area contributed by atoms with Crippen molar-refractivity contribution in [1.82, 2.24) is 16.1 Å². The molecule has 0 radical (unpaired) electrons. The van der Waals surface area contributed by atoms with Gasteiger partial charge in [0.25, 0.3) is 5.91 Å². The van der Waals surface area contributed by atoms with Gasteiger partial charge in [0.15, 0.2) is 23.2 Å². The first kappa shape index (κ1) is 33.8. The van der Waals surface area contributed by atoms with E-state index in [-0.39, 0.29) is 13.2 Å². The molecule has 1 atom stereocenters. The number of para-hydroxylation sites is 1. The third kappa shape index (κ3) is 9.19. The number of nitrogens with one attached hydrogen (secondary N) is 3. The monoisotopic (exact) mass is 714 g/mol. The van der Waals surface area contributed by atoms with Crippen LogP contribution in [0.25, 0.3) is 0 Å². The predicted molar refractivity (Wildman–Crippen MR) is 180 cm³/mol. The zero-order valence-electron chi connectivity index (χ0n) is 24.8. The number of thiocarbonyl (C=S) groups is 1. The van der Waals surface area contributed by atoms with Crippen LogP contribution in [0.1, 0.15) is 43.5 Å². The van der Waals surface area contributed by atoms with Crippen molar-refractivity contribution in [3.05, 3.63) is 98.1 Å². The molecule has 0 unspecified atom stereocenters. The van der Waals surface area contributed by atoms with Crippen LogP contribution < -0.4 is 30.3 Å². The van der Waals surface area contributed by atoms with Crippen molar-refractivity contribution >= 4 is 63.0 Å². The minimum absolute atomic E-state index is 0.218. The summed E-state index contributed by atoms with van der Waals surface area (Å²) in [4.78, 5) is 25.4. The summed E-state index contributed by atoms with van der Waals surface area (Å²) in [6.07, 6.45) is 1.44. The number of benzene rings is 3. The van der Waals surface area contributed by atoms with Gasteiger partial charge in [-0.25, -0.2) is 10.2 Å². The maximum absolute atomic E-state index is 12.8. The van der Waals surface area contributed by atoms with Crippen LogP contribution in [-0.4, -0.2) is 43.0 Å². The molecule has 13 heteroatoms. The van der Waals surface area contributed by atoms with E-state index in [2.05, 4.69) is 37.1 Å². The summed E-state index contributed by atoms with van der Waals surface area (Å²) in [5.74, 6) is 0.265. The fraction of sp³-hybridized carbons (Fsp3) is 0.250. The number of allylic oxidation sites excluding steroid dienone is 1. The summed E-state index contributed by atoms with van der Waals surface area (Å²) in [5.41, 5.74) is 5.56. The van der Waals surface area contributed by atoms with E-state index in [0.29, 0.717) is 63.0 Å². The topological polar surface area (TPSA) is 120 Å². The van der Waals surface area contributed by atoms with Crippen LogP contribution in [0.5, 0.6) is 17.2 Å². The number of carbonyl (C=O) groups is 2. The molecule has 45 heavy (non-hydrogen) atoms. The summed E-state index contributed by atoms with van der Waals surface area (Å²) in [6.45, 7) is 5.92. The zero-order chi connectivity index (χ0) is 32.3. The van der Waals surface area contributed by atoms with Gasteiger partial charge in [0.1, 0.15) is 12.4 Å². The van der Waals surface area contributed by atoms with E-state index in [1.165, 1.54) is 6.21 Å². The minimum Gasteiger partial charge on any atom is -0.490 e. The molecule has 0 fully saturated rings. The molecule has 1 amide bonds. The molecule has 0 spiro atoms. The van der Waals surface area contributed by atoms with Crippen LogP contribution in [0.4, 0.5) is 0 Å². The third-order valence-electron chi connectivity index (χ3n) is 6.38. The van der Waals surface area contributed by atoms with Crippen LogP contribution in [0, 0.1) is 0 Å². The van der Waals surface area contributed by atoms with E-state index in [1.807, 2.05) is 31.2 Å². The highest BCUT2D eigenvalue weighted by molar-refractivity contribution is 9.10. The molecule has 1 heterocycles. The second kappa shape index (κ2) is 16.3. The minimum atomic E-state index is -0.638. The second-order valence-electron chi connectivity index (χ2n) is 9.59. The van der Waals surface area contributed by atoms with Gasteiger partial charge in [-0.2, -0.15) is 5.10 Å². The lowest BCUT2D eigenvalue weighted by Gasteiger charge is -2.30. The maximum Gasteiger partial charge on any atom is 0.338 e. The van der Waals surface area contributed by atoms with Crippen molar-refractivity contribution in [1.29, 1.82) is 0 Å². The molecule has 1 aliphatic rings. The molecule has 236 valence electrons. The smallest absolute Gasteiger partial charge is 0.338 e. The lowest BCUT2D eigenvalue weighted by molar-refractivity contribution is -0.139. The van der Waals surface area contributed by atoms with Crippen molar-refractivity contribution in [3.8, 4) is 17.2 Å². The molecule has 3 N–H and O–H groups in total. The average Bonchev–Trinajstić information content (AvgIpc) is 3.00. The molecule has 0 saturated carbocycles. The average molecular weight is 716 g/mol. The molecule has 0 saturated heterocycles. The fourth-order valence-electron chi connectivity index (χ4n) is 4.41. The van der Waals surface area contributed by atoms with Gasteiger partial charge in [0.05, 0.1) is 36.1 Å². The first-order chi connectivity index (χ1) is 21.7. The number of halogens is 2. The predicted octanol–water partition coefficient (Wildman–Crippen LogP) is 5.97. The van der Waals surface area contributed by atoms with Gasteiger partial charge in [-0.1, -0.05) is 57.9 Å². The van der Waals surface area contributed by atoms with Crippen molar-refractivity contribution in [3.63, 3.8) is 0 Å². The first-order valence-electron chi connectivity index (χ1n) is 14.0. The highest BCUT2D eigenvalue weighted by atomic mass is 79.9. The molecule has 0 aromatic heterocycles. The van der Waals surface area contributed by atoms with Crippen molar-refractivity contribution in [2.45, 2.75) is 33.4 Å². The second-order valence-corrected chi connectivity index (χ2v) is 11.3. The first-order valence-corrected chi connectivity index (χ1v) is 15.6. The maximum atomic E-state index is 12.8. The number of nitrogens with zero attached hydrogens (tertiary/aromatic N) is 1. The summed E-state index contributed by atoms with van der Waals surface area (Å²) in [6, 6.07) is 17.6. The zero-order valence-corrected chi connectivity index (χ0v) is 28.0. The largest absolute Gasteiger partial charge is 0.490 e. The Balaban J connectivity index is 1.41. The molecular weight excluding hydrogens is 684 g/mol. The van der Waals surface area contributed by atoms with Gasteiger partial charge in [-0.05, 0) is 74.4 Å². The standard InChI is InChI=1S/C32H32BrClN4O6S/c1-4-41-26-15-21(14-24(34)30(26)44-17-20-10-12-22(33)13-11-20)16-35-38-27(39)18-43-25-9-7-6-8-23(25)29-28(31(40)42-5-2)19(3)36-32(45)37-29/h6-16,29H,4-5,17-18H2,1-3H3,(H,38,39)(H2,36,37,45)/t29-/m1/s1. The Morgan fingerprint density at radius 1 is 1.04 bits per heavy atom. The Morgan fingerprint density at radius 3 is 2.53 bits per heavy atom. The Morgan fingerprint density at radius 2 is 1.80 bits per heavy atom. The number of carbonyl (C=O) groups excluding carboxylic acids is 2. The molecule has 0 bridgehead atoms. The quantitative estimate of drug-likeness (QED) is 0.0852. The summed E-state index contributed by atoms with van der Waals surface area (Å²) < 4.78 is 23.8. The highest BCUT2D eigenvalue weighted by Crippen LogP contribution is 2.37. The lowest BCUT2D eigenvalue weighted by atomic mass is 9.95. The number of rotatable bonds is 13. The van der Waals surface area contributed by atoms with Gasteiger partial charge in [0, 0.05) is 15.7 Å². The van der Waals surface area contributed by atoms with E-state index >= 15 is 0 Å². The SMILES string of the molecule is CCOC(=O)C1=C(C)NC(=S)N[C@@H]1c1ccccc1OCC(=O)NN=Cc1cc(Cl)c(OCc2ccc(Br)cc2)c(OCC)c1.